The highest BCUT2D eigenvalue weighted by Crippen LogP contribution is 2.49. The molecule has 1 aromatic carbocycles. The summed E-state index contributed by atoms with van der Waals surface area (Å²) in [6.07, 6.45) is 7.36. The fraction of sp³-hybridized carbons (Fsp3) is 0.562. The zero-order valence-electron chi connectivity index (χ0n) is 11.8. The molecule has 1 aromatic rings. The molecule has 0 saturated heterocycles. The van der Waals surface area contributed by atoms with Crippen LogP contribution in [0, 0.1) is 17.8 Å². The Morgan fingerprint density at radius 1 is 1.35 bits per heavy atom. The van der Waals surface area contributed by atoms with E-state index in [1.54, 1.807) is 0 Å². The standard InChI is InChI=1S/C16H21NO2S/c1-20-14-4-2-3-13(15(14)16(18)19)17-9-12(10-5-6-10)11-7-8-11/h2-4,10-12,17H,5-9H2,1H3,(H,18,19). The first-order valence-corrected chi connectivity index (χ1v) is 8.57. The van der Waals surface area contributed by atoms with E-state index >= 15 is 0 Å². The number of nitrogens with one attached hydrogen (secondary N) is 1. The molecule has 3 rings (SSSR count). The molecule has 0 amide bonds. The Kier molecular flexibility index (Phi) is 3.92. The van der Waals surface area contributed by atoms with Crippen molar-refractivity contribution in [1.82, 2.24) is 0 Å². The van der Waals surface area contributed by atoms with E-state index in [1.165, 1.54) is 37.4 Å². The van der Waals surface area contributed by atoms with Gasteiger partial charge < -0.3 is 10.4 Å². The van der Waals surface area contributed by atoms with E-state index in [1.807, 2.05) is 24.5 Å². The second kappa shape index (κ2) is 5.68. The van der Waals surface area contributed by atoms with E-state index in [4.69, 9.17) is 0 Å². The van der Waals surface area contributed by atoms with Crippen LogP contribution in [0.2, 0.25) is 0 Å². The maximum atomic E-state index is 11.5. The lowest BCUT2D eigenvalue weighted by Gasteiger charge is -2.19. The molecular formula is C16H21NO2S. The average molecular weight is 291 g/mol. The molecule has 2 fully saturated rings. The summed E-state index contributed by atoms with van der Waals surface area (Å²) < 4.78 is 0. The van der Waals surface area contributed by atoms with Gasteiger partial charge in [-0.05, 0) is 61.8 Å². The maximum Gasteiger partial charge on any atom is 0.338 e. The molecule has 20 heavy (non-hydrogen) atoms. The van der Waals surface area contributed by atoms with Crippen molar-refractivity contribution in [3.05, 3.63) is 23.8 Å². The highest BCUT2D eigenvalue weighted by atomic mass is 32.2. The van der Waals surface area contributed by atoms with Crippen molar-refractivity contribution < 1.29 is 9.90 Å². The number of carbonyl (C=O) groups is 1. The van der Waals surface area contributed by atoms with E-state index in [0.29, 0.717) is 5.56 Å². The van der Waals surface area contributed by atoms with Crippen molar-refractivity contribution in [2.45, 2.75) is 30.6 Å². The third-order valence-electron chi connectivity index (χ3n) is 4.44. The number of carboxylic acid groups (broad SMARTS) is 1. The van der Waals surface area contributed by atoms with Crippen molar-refractivity contribution in [1.29, 1.82) is 0 Å². The van der Waals surface area contributed by atoms with Crippen LogP contribution < -0.4 is 5.32 Å². The molecule has 0 bridgehead atoms. The maximum absolute atomic E-state index is 11.5. The third kappa shape index (κ3) is 2.95. The van der Waals surface area contributed by atoms with Gasteiger partial charge in [0.05, 0.1) is 5.56 Å². The first-order chi connectivity index (χ1) is 9.70. The summed E-state index contributed by atoms with van der Waals surface area (Å²) in [4.78, 5) is 12.3. The molecule has 4 heteroatoms. The van der Waals surface area contributed by atoms with Gasteiger partial charge in [-0.25, -0.2) is 4.79 Å². The summed E-state index contributed by atoms with van der Waals surface area (Å²) in [5, 5.41) is 12.9. The molecule has 2 saturated carbocycles. The third-order valence-corrected chi connectivity index (χ3v) is 5.22. The summed E-state index contributed by atoms with van der Waals surface area (Å²) in [6, 6.07) is 5.70. The lowest BCUT2D eigenvalue weighted by atomic mass is 9.97. The largest absolute Gasteiger partial charge is 0.478 e. The van der Waals surface area contributed by atoms with Crippen molar-refractivity contribution >= 4 is 23.4 Å². The van der Waals surface area contributed by atoms with E-state index in [9.17, 15) is 9.90 Å². The Morgan fingerprint density at radius 2 is 2.00 bits per heavy atom. The van der Waals surface area contributed by atoms with Gasteiger partial charge in [0.15, 0.2) is 0 Å². The lowest BCUT2D eigenvalue weighted by Crippen LogP contribution is -2.19. The summed E-state index contributed by atoms with van der Waals surface area (Å²) in [7, 11) is 0. The Hall–Kier alpha value is -1.16. The van der Waals surface area contributed by atoms with Crippen LogP contribution in [-0.4, -0.2) is 23.9 Å². The Labute approximate surface area is 124 Å². The molecule has 3 nitrogen and oxygen atoms in total. The molecule has 108 valence electrons. The Bertz CT molecular complexity index is 497. The normalized spacial score (nSPS) is 18.3. The van der Waals surface area contributed by atoms with Gasteiger partial charge in [0.25, 0.3) is 0 Å². The van der Waals surface area contributed by atoms with E-state index in [-0.39, 0.29) is 0 Å². The van der Waals surface area contributed by atoms with E-state index in [0.717, 1.165) is 34.9 Å². The molecule has 0 spiro atoms. The smallest absolute Gasteiger partial charge is 0.338 e. The van der Waals surface area contributed by atoms with Crippen LogP contribution >= 0.6 is 11.8 Å². The first kappa shape index (κ1) is 13.8. The molecule has 2 aliphatic carbocycles. The van der Waals surface area contributed by atoms with Crippen molar-refractivity contribution in [3.8, 4) is 0 Å². The summed E-state index contributed by atoms with van der Waals surface area (Å²) in [5.41, 5.74) is 1.20. The van der Waals surface area contributed by atoms with Gasteiger partial charge >= 0.3 is 5.97 Å². The second-order valence-corrected chi connectivity index (χ2v) is 6.76. The Balaban J connectivity index is 1.74. The van der Waals surface area contributed by atoms with Gasteiger partial charge in [0, 0.05) is 17.1 Å². The minimum absolute atomic E-state index is 0.422. The highest BCUT2D eigenvalue weighted by Gasteiger charge is 2.41. The monoisotopic (exact) mass is 291 g/mol. The van der Waals surface area contributed by atoms with Gasteiger partial charge in [0.2, 0.25) is 0 Å². The molecule has 0 aliphatic heterocycles. The van der Waals surface area contributed by atoms with Crippen molar-refractivity contribution in [2.75, 3.05) is 18.1 Å². The van der Waals surface area contributed by atoms with Gasteiger partial charge in [-0.2, -0.15) is 0 Å². The van der Waals surface area contributed by atoms with Gasteiger partial charge in [-0.15, -0.1) is 11.8 Å². The Morgan fingerprint density at radius 3 is 2.50 bits per heavy atom. The molecule has 0 radical (unpaired) electrons. The zero-order valence-corrected chi connectivity index (χ0v) is 12.6. The second-order valence-electron chi connectivity index (χ2n) is 5.91. The van der Waals surface area contributed by atoms with Crippen LogP contribution in [0.5, 0.6) is 0 Å². The zero-order chi connectivity index (χ0) is 14.1. The molecule has 0 atom stereocenters. The first-order valence-electron chi connectivity index (χ1n) is 7.35. The van der Waals surface area contributed by atoms with Crippen molar-refractivity contribution in [3.63, 3.8) is 0 Å². The summed E-state index contributed by atoms with van der Waals surface area (Å²) in [6.45, 7) is 0.924. The number of rotatable bonds is 7. The number of aromatic carboxylic acids is 1. The summed E-state index contributed by atoms with van der Waals surface area (Å²) in [5.74, 6) is 1.67. The van der Waals surface area contributed by atoms with E-state index < -0.39 is 5.97 Å². The van der Waals surface area contributed by atoms with Crippen LogP contribution in [0.3, 0.4) is 0 Å². The summed E-state index contributed by atoms with van der Waals surface area (Å²) >= 11 is 1.49. The van der Waals surface area contributed by atoms with Crippen LogP contribution in [0.4, 0.5) is 5.69 Å². The lowest BCUT2D eigenvalue weighted by molar-refractivity contribution is 0.0694. The van der Waals surface area contributed by atoms with Gasteiger partial charge in [-0.3, -0.25) is 0 Å². The quantitative estimate of drug-likeness (QED) is 0.747. The molecule has 2 aliphatic rings. The SMILES string of the molecule is CSc1cccc(NCC(C2CC2)C2CC2)c1C(=O)O. The predicted octanol–water partition coefficient (Wildman–Crippen LogP) is 3.95. The predicted molar refractivity (Wildman–Crippen MR) is 82.6 cm³/mol. The fourth-order valence-electron chi connectivity index (χ4n) is 3.06. The van der Waals surface area contributed by atoms with Crippen LogP contribution in [-0.2, 0) is 0 Å². The van der Waals surface area contributed by atoms with Crippen LogP contribution in [0.25, 0.3) is 0 Å². The minimum Gasteiger partial charge on any atom is -0.478 e. The molecule has 2 N–H and O–H groups in total. The van der Waals surface area contributed by atoms with Gasteiger partial charge in [0.1, 0.15) is 0 Å². The van der Waals surface area contributed by atoms with Crippen LogP contribution in [0.15, 0.2) is 23.1 Å². The molecular weight excluding hydrogens is 270 g/mol. The van der Waals surface area contributed by atoms with Crippen LogP contribution in [0.1, 0.15) is 36.0 Å². The molecule has 0 unspecified atom stereocenters. The van der Waals surface area contributed by atoms with Gasteiger partial charge in [-0.1, -0.05) is 6.07 Å². The fourth-order valence-corrected chi connectivity index (χ4v) is 3.68. The molecule has 0 heterocycles. The average Bonchev–Trinajstić information content (AvgIpc) is 3.31. The van der Waals surface area contributed by atoms with E-state index in [2.05, 4.69) is 5.32 Å². The number of hydrogen-bond acceptors (Lipinski definition) is 3. The number of thioether (sulfide) groups is 1. The number of anilines is 1. The molecule has 0 aromatic heterocycles. The topological polar surface area (TPSA) is 49.3 Å². The number of hydrogen-bond donors (Lipinski definition) is 2. The van der Waals surface area contributed by atoms with Crippen molar-refractivity contribution in [2.24, 2.45) is 17.8 Å². The highest BCUT2D eigenvalue weighted by molar-refractivity contribution is 7.98. The minimum atomic E-state index is -0.841. The number of benzene rings is 1. The number of carboxylic acids is 1.